The topological polar surface area (TPSA) is 105 Å². The van der Waals surface area contributed by atoms with Crippen molar-refractivity contribution >= 4 is 18.0 Å². The number of hydrogen-bond acceptors (Lipinski definition) is 4. The lowest BCUT2D eigenvalue weighted by atomic mass is 9.98. The van der Waals surface area contributed by atoms with E-state index in [0.29, 0.717) is 0 Å². The van der Waals surface area contributed by atoms with Crippen LogP contribution in [0.15, 0.2) is 48.5 Å². The number of carbonyl (C=O) groups is 3. The number of hydrogen-bond donors (Lipinski definition) is 3. The van der Waals surface area contributed by atoms with Crippen LogP contribution < -0.4 is 10.6 Å². The van der Waals surface area contributed by atoms with Gasteiger partial charge in [-0.05, 0) is 34.6 Å². The highest BCUT2D eigenvalue weighted by Crippen LogP contribution is 2.44. The maximum Gasteiger partial charge on any atom is 0.407 e. The number of halogens is 3. The zero-order valence-electron chi connectivity index (χ0n) is 19.3. The average molecular weight is 492 g/mol. The van der Waals surface area contributed by atoms with Crippen LogP contribution in [0.1, 0.15) is 43.7 Å². The minimum absolute atomic E-state index is 0.0186. The van der Waals surface area contributed by atoms with Crippen LogP contribution in [0, 0.1) is 5.92 Å². The fourth-order valence-corrected chi connectivity index (χ4v) is 4.19. The van der Waals surface area contributed by atoms with Crippen molar-refractivity contribution < 1.29 is 37.4 Å². The number of benzene rings is 2. The largest absolute Gasteiger partial charge is 0.480 e. The molecule has 2 aromatic rings. The number of aliphatic carboxylic acids is 1. The van der Waals surface area contributed by atoms with Gasteiger partial charge >= 0.3 is 18.2 Å². The molecule has 10 heteroatoms. The second-order valence-corrected chi connectivity index (χ2v) is 8.87. The van der Waals surface area contributed by atoms with Crippen LogP contribution in [0.5, 0.6) is 0 Å². The lowest BCUT2D eigenvalue weighted by Gasteiger charge is -2.23. The van der Waals surface area contributed by atoms with E-state index >= 15 is 0 Å². The van der Waals surface area contributed by atoms with Crippen LogP contribution in [-0.4, -0.2) is 47.9 Å². The summed E-state index contributed by atoms with van der Waals surface area (Å²) in [6.45, 7) is 3.28. The number of nitrogens with one attached hydrogen (secondary N) is 2. The summed E-state index contributed by atoms with van der Waals surface area (Å²) >= 11 is 0. The molecule has 1 aliphatic rings. The minimum Gasteiger partial charge on any atom is -0.480 e. The molecule has 0 fully saturated rings. The highest BCUT2D eigenvalue weighted by Gasteiger charge is 2.38. The van der Waals surface area contributed by atoms with Gasteiger partial charge in [-0.25, -0.2) is 9.59 Å². The van der Waals surface area contributed by atoms with Crippen LogP contribution in [0.2, 0.25) is 0 Å². The molecule has 188 valence electrons. The van der Waals surface area contributed by atoms with Crippen molar-refractivity contribution in [3.05, 3.63) is 59.7 Å². The van der Waals surface area contributed by atoms with Gasteiger partial charge in [0.15, 0.2) is 0 Å². The number of alkyl halides is 3. The average Bonchev–Trinajstić information content (AvgIpc) is 3.09. The molecule has 0 saturated carbocycles. The van der Waals surface area contributed by atoms with E-state index in [0.717, 1.165) is 22.3 Å². The lowest BCUT2D eigenvalue weighted by Crippen LogP contribution is -2.53. The van der Waals surface area contributed by atoms with Gasteiger partial charge in [0.1, 0.15) is 18.7 Å². The summed E-state index contributed by atoms with van der Waals surface area (Å²) in [4.78, 5) is 36.3. The van der Waals surface area contributed by atoms with Crippen LogP contribution in [0.4, 0.5) is 18.0 Å². The van der Waals surface area contributed by atoms with E-state index < -0.39 is 42.7 Å². The molecule has 2 unspecified atom stereocenters. The Morgan fingerprint density at radius 3 is 1.97 bits per heavy atom. The monoisotopic (exact) mass is 492 g/mol. The van der Waals surface area contributed by atoms with Gasteiger partial charge < -0.3 is 20.5 Å². The van der Waals surface area contributed by atoms with E-state index in [9.17, 15) is 32.7 Å². The molecule has 0 spiro atoms. The van der Waals surface area contributed by atoms with Crippen molar-refractivity contribution in [1.82, 2.24) is 10.6 Å². The molecule has 0 heterocycles. The number of ether oxygens (including phenoxy) is 1. The molecule has 0 radical (unpaired) electrons. The number of carboxylic acids is 1. The number of carbonyl (C=O) groups excluding carboxylic acids is 2. The number of amides is 2. The predicted molar refractivity (Wildman–Crippen MR) is 122 cm³/mol. The van der Waals surface area contributed by atoms with Gasteiger partial charge in [-0.1, -0.05) is 62.4 Å². The van der Waals surface area contributed by atoms with Crippen molar-refractivity contribution in [2.24, 2.45) is 5.92 Å². The van der Waals surface area contributed by atoms with Gasteiger partial charge in [-0.15, -0.1) is 0 Å². The second-order valence-electron chi connectivity index (χ2n) is 8.87. The molecule has 35 heavy (non-hydrogen) atoms. The molecular weight excluding hydrogens is 465 g/mol. The molecule has 2 amide bonds. The Balaban J connectivity index is 1.69. The summed E-state index contributed by atoms with van der Waals surface area (Å²) in [6.07, 6.45) is -7.64. The zero-order chi connectivity index (χ0) is 25.8. The number of fused-ring (bicyclic) bond motifs is 3. The molecule has 1 aliphatic carbocycles. The summed E-state index contributed by atoms with van der Waals surface area (Å²) in [5.74, 6) is -3.07. The van der Waals surface area contributed by atoms with Crippen LogP contribution in [-0.2, 0) is 14.3 Å². The molecule has 0 bridgehead atoms. The van der Waals surface area contributed by atoms with Crippen LogP contribution in [0.3, 0.4) is 0 Å². The summed E-state index contributed by atoms with van der Waals surface area (Å²) in [5, 5.41) is 13.3. The summed E-state index contributed by atoms with van der Waals surface area (Å²) in [7, 11) is 0. The Kier molecular flexibility index (Phi) is 8.03. The lowest BCUT2D eigenvalue weighted by molar-refractivity contribution is -0.151. The Morgan fingerprint density at radius 1 is 0.943 bits per heavy atom. The third-order valence-corrected chi connectivity index (χ3v) is 5.71. The maximum absolute atomic E-state index is 13.1. The molecule has 2 atom stereocenters. The summed E-state index contributed by atoms with van der Waals surface area (Å²) in [5.41, 5.74) is 3.81. The van der Waals surface area contributed by atoms with Crippen LogP contribution >= 0.6 is 0 Å². The van der Waals surface area contributed by atoms with Crippen molar-refractivity contribution in [3.63, 3.8) is 0 Å². The van der Waals surface area contributed by atoms with Gasteiger partial charge in [-0.2, -0.15) is 13.2 Å². The molecule has 2 aromatic carbocycles. The van der Waals surface area contributed by atoms with Crippen molar-refractivity contribution in [2.45, 2.75) is 50.9 Å². The van der Waals surface area contributed by atoms with Crippen molar-refractivity contribution in [2.75, 3.05) is 6.61 Å². The first-order chi connectivity index (χ1) is 16.5. The standard InChI is InChI=1S/C25H27F3N2O5/c1-14(2)11-20(23(32)33)29-22(31)21(12-25(26,27)28)30-24(34)35-13-19-17-9-5-3-7-15(17)16-8-4-6-10-18(16)19/h3-10,14,19-21H,11-13H2,1-2H3,(H,29,31)(H,30,34)(H,32,33). The first kappa shape index (κ1) is 26.1. The predicted octanol–water partition coefficient (Wildman–Crippen LogP) is 4.46. The van der Waals surface area contributed by atoms with Crippen molar-refractivity contribution in [3.8, 4) is 11.1 Å². The summed E-state index contributed by atoms with van der Waals surface area (Å²) < 4.78 is 44.5. The van der Waals surface area contributed by atoms with E-state index in [1.807, 2.05) is 53.8 Å². The van der Waals surface area contributed by atoms with E-state index in [2.05, 4.69) is 5.32 Å². The van der Waals surface area contributed by atoms with Gasteiger partial charge in [0.2, 0.25) is 5.91 Å². The Labute approximate surface area is 200 Å². The van der Waals surface area contributed by atoms with Gasteiger partial charge in [0.25, 0.3) is 0 Å². The maximum atomic E-state index is 13.1. The quantitative estimate of drug-likeness (QED) is 0.479. The van der Waals surface area contributed by atoms with Crippen molar-refractivity contribution in [1.29, 1.82) is 0 Å². The fourth-order valence-electron chi connectivity index (χ4n) is 4.19. The Morgan fingerprint density at radius 2 is 1.49 bits per heavy atom. The minimum atomic E-state index is -4.78. The van der Waals surface area contributed by atoms with E-state index in [4.69, 9.17) is 4.74 Å². The third kappa shape index (κ3) is 6.74. The number of rotatable bonds is 9. The molecular formula is C25H27F3N2O5. The summed E-state index contributed by atoms with van der Waals surface area (Å²) in [6, 6.07) is 11.7. The third-order valence-electron chi connectivity index (χ3n) is 5.71. The highest BCUT2D eigenvalue weighted by molar-refractivity contribution is 5.89. The molecule has 3 rings (SSSR count). The molecule has 0 saturated heterocycles. The van der Waals surface area contributed by atoms with E-state index in [-0.39, 0.29) is 24.9 Å². The highest BCUT2D eigenvalue weighted by atomic mass is 19.4. The van der Waals surface area contributed by atoms with Gasteiger partial charge in [-0.3, -0.25) is 4.79 Å². The number of carboxylic acid groups (broad SMARTS) is 1. The first-order valence-corrected chi connectivity index (χ1v) is 11.2. The normalized spacial score (nSPS) is 14.6. The Hall–Kier alpha value is -3.56. The van der Waals surface area contributed by atoms with Crippen LogP contribution in [0.25, 0.3) is 11.1 Å². The number of alkyl carbamates (subject to hydrolysis) is 1. The fraction of sp³-hybridized carbons (Fsp3) is 0.400. The van der Waals surface area contributed by atoms with E-state index in [1.165, 1.54) is 0 Å². The molecule has 7 nitrogen and oxygen atoms in total. The Bertz CT molecular complexity index is 1040. The van der Waals surface area contributed by atoms with Gasteiger partial charge in [0.05, 0.1) is 6.42 Å². The van der Waals surface area contributed by atoms with Gasteiger partial charge in [0, 0.05) is 5.92 Å². The molecule has 0 aromatic heterocycles. The zero-order valence-corrected chi connectivity index (χ0v) is 19.3. The molecule has 0 aliphatic heterocycles. The first-order valence-electron chi connectivity index (χ1n) is 11.2. The second kappa shape index (κ2) is 10.8. The molecule has 3 N–H and O–H groups in total. The smallest absolute Gasteiger partial charge is 0.407 e. The van der Waals surface area contributed by atoms with E-state index in [1.54, 1.807) is 13.8 Å². The SMILES string of the molecule is CC(C)CC(NC(=O)C(CC(F)(F)F)NC(=O)OCC1c2ccccc2-c2ccccc21)C(=O)O.